The molecule has 2 heterocycles. The summed E-state index contributed by atoms with van der Waals surface area (Å²) in [6.45, 7) is 3.80. The van der Waals surface area contributed by atoms with Crippen molar-refractivity contribution in [3.63, 3.8) is 0 Å². The summed E-state index contributed by atoms with van der Waals surface area (Å²) < 4.78 is 5.13. The Morgan fingerprint density at radius 3 is 2.80 bits per heavy atom. The van der Waals surface area contributed by atoms with Gasteiger partial charge in [-0.05, 0) is 50.7 Å². The van der Waals surface area contributed by atoms with E-state index in [1.807, 2.05) is 6.07 Å². The Morgan fingerprint density at radius 1 is 1.28 bits per heavy atom. The molecule has 0 saturated heterocycles. The van der Waals surface area contributed by atoms with Crippen LogP contribution in [0.1, 0.15) is 24.1 Å². The molecule has 0 amide bonds. The molecule has 1 aromatic heterocycles. The minimum atomic E-state index is -0.285. The first kappa shape index (κ1) is 16.6. The third-order valence-corrected chi connectivity index (χ3v) is 5.47. The number of methoxy groups -OCH3 is 1. The van der Waals surface area contributed by atoms with E-state index in [-0.39, 0.29) is 17.9 Å². The van der Waals surface area contributed by atoms with Gasteiger partial charge >= 0.3 is 5.97 Å². The van der Waals surface area contributed by atoms with Crippen LogP contribution >= 0.6 is 0 Å². The molecule has 1 fully saturated rings. The number of hydrogen-bond donors (Lipinski definition) is 1. The normalized spacial score (nSPS) is 23.4. The number of fused-ring (bicyclic) bond motifs is 3. The van der Waals surface area contributed by atoms with E-state index in [9.17, 15) is 4.79 Å². The molecule has 5 radical (unpaired) electrons. The summed E-state index contributed by atoms with van der Waals surface area (Å²) in [6, 6.07) is 8.56. The molecule has 0 bridgehead atoms. The monoisotopic (exact) mass is 335 g/mol. The van der Waals surface area contributed by atoms with Crippen molar-refractivity contribution < 1.29 is 9.53 Å². The van der Waals surface area contributed by atoms with Crippen molar-refractivity contribution >= 4 is 16.9 Å². The largest absolute Gasteiger partial charge is 0.468 e. The van der Waals surface area contributed by atoms with Crippen LogP contribution in [0.5, 0.6) is 0 Å². The van der Waals surface area contributed by atoms with Gasteiger partial charge < -0.3 is 9.72 Å². The van der Waals surface area contributed by atoms with Crippen LogP contribution in [0.4, 0.5) is 0 Å². The fourth-order valence-corrected chi connectivity index (χ4v) is 4.02. The van der Waals surface area contributed by atoms with E-state index in [2.05, 4.69) is 60.7 Å². The Bertz CT molecular complexity index is 760. The smallest absolute Gasteiger partial charge is 0.315 e. The Balaban J connectivity index is 1.69. The molecule has 1 unspecified atom stereocenters. The van der Waals surface area contributed by atoms with Crippen LogP contribution < -0.4 is 0 Å². The maximum Gasteiger partial charge on any atom is 0.315 e. The van der Waals surface area contributed by atoms with Gasteiger partial charge in [0.05, 0.1) is 7.11 Å². The van der Waals surface area contributed by atoms with Crippen molar-refractivity contribution in [2.45, 2.75) is 25.3 Å². The van der Waals surface area contributed by atoms with E-state index in [1.165, 1.54) is 24.0 Å². The summed E-state index contributed by atoms with van der Waals surface area (Å²) in [5.74, 6) is 0.834. The average Bonchev–Trinajstić information content (AvgIpc) is 3.25. The second-order valence-corrected chi connectivity index (χ2v) is 6.78. The third kappa shape index (κ3) is 2.97. The lowest BCUT2D eigenvalue weighted by atomic mass is 9.96. The lowest BCUT2D eigenvalue weighted by molar-refractivity contribution is -0.143. The molecule has 1 aromatic carbocycles. The highest BCUT2D eigenvalue weighted by Gasteiger charge is 2.36. The molecule has 1 N–H and O–H groups in total. The second kappa shape index (κ2) is 6.83. The predicted octanol–water partition coefficient (Wildman–Crippen LogP) is 3.08. The van der Waals surface area contributed by atoms with Gasteiger partial charge in [0.2, 0.25) is 0 Å². The fourth-order valence-electron chi connectivity index (χ4n) is 4.02. The number of nitrogens with zero attached hydrogens (tertiary/aromatic N) is 1. The van der Waals surface area contributed by atoms with Crippen molar-refractivity contribution in [1.82, 2.24) is 9.88 Å². The number of ether oxygens (including phenoxy) is 1. The summed E-state index contributed by atoms with van der Waals surface area (Å²) in [6.07, 6.45) is 9.36. The molecule has 1 saturated carbocycles. The zero-order valence-corrected chi connectivity index (χ0v) is 14.7. The van der Waals surface area contributed by atoms with Gasteiger partial charge in [-0.3, -0.25) is 9.69 Å². The van der Waals surface area contributed by atoms with E-state index >= 15 is 0 Å². The summed E-state index contributed by atoms with van der Waals surface area (Å²) >= 11 is 0. The highest BCUT2D eigenvalue weighted by molar-refractivity contribution is 5.88. The zero-order valence-electron chi connectivity index (χ0n) is 14.7. The van der Waals surface area contributed by atoms with Gasteiger partial charge in [-0.25, -0.2) is 0 Å². The highest BCUT2D eigenvalue weighted by Crippen LogP contribution is 2.35. The third-order valence-electron chi connectivity index (χ3n) is 5.47. The number of H-pyrrole nitrogens is 1. The Labute approximate surface area is 149 Å². The number of esters is 1. The molecule has 2 aromatic rings. The quantitative estimate of drug-likeness (QED) is 0.877. The van der Waals surface area contributed by atoms with Gasteiger partial charge in [0.1, 0.15) is 5.92 Å². The zero-order chi connectivity index (χ0) is 17.4. The van der Waals surface area contributed by atoms with Crippen molar-refractivity contribution in [1.29, 1.82) is 0 Å². The van der Waals surface area contributed by atoms with E-state index < -0.39 is 0 Å². The van der Waals surface area contributed by atoms with Crippen LogP contribution in [0.3, 0.4) is 0 Å². The Hall–Kier alpha value is -1.81. The van der Waals surface area contributed by atoms with E-state index in [0.717, 1.165) is 24.2 Å². The van der Waals surface area contributed by atoms with E-state index in [4.69, 9.17) is 4.74 Å². The number of para-hydroxylation sites is 1. The van der Waals surface area contributed by atoms with Gasteiger partial charge in [0, 0.05) is 41.6 Å². The molecule has 0 spiro atoms. The lowest BCUT2D eigenvalue weighted by Crippen LogP contribution is -2.41. The van der Waals surface area contributed by atoms with Gasteiger partial charge in [-0.1, -0.05) is 18.2 Å². The van der Waals surface area contributed by atoms with Crippen molar-refractivity contribution in [2.24, 2.45) is 0 Å². The molecule has 1 aliphatic heterocycles. The van der Waals surface area contributed by atoms with Crippen LogP contribution in [-0.4, -0.2) is 42.1 Å². The van der Waals surface area contributed by atoms with Crippen molar-refractivity contribution in [3.8, 4) is 0 Å². The number of aromatic nitrogens is 1. The standard InChI is InChI=1S/C21H23N2O2/c1-14(15-7-3-4-8-15)23-12-11-17-16-9-5-6-10-19(16)22-20(17)18(13-23)21(24)25-2/h3-10,14,18,22H,11-13H2,1-2H3/t14-,18?/m0/s1. The van der Waals surface area contributed by atoms with E-state index in [1.54, 1.807) is 0 Å². The van der Waals surface area contributed by atoms with Crippen LogP contribution in [0.25, 0.3) is 10.9 Å². The van der Waals surface area contributed by atoms with Crippen LogP contribution in [0.2, 0.25) is 0 Å². The fraction of sp³-hybridized carbons (Fsp3) is 0.333. The number of nitrogens with one attached hydrogen (secondary N) is 1. The summed E-state index contributed by atoms with van der Waals surface area (Å²) in [5.41, 5.74) is 3.37. The number of rotatable bonds is 3. The predicted molar refractivity (Wildman–Crippen MR) is 98.2 cm³/mol. The molecule has 2 aliphatic rings. The van der Waals surface area contributed by atoms with Crippen LogP contribution in [0.15, 0.2) is 24.3 Å². The molecular formula is C21H23N2O2. The summed E-state index contributed by atoms with van der Waals surface area (Å²) in [7, 11) is 1.47. The Morgan fingerprint density at radius 2 is 2.04 bits per heavy atom. The average molecular weight is 335 g/mol. The summed E-state index contributed by atoms with van der Waals surface area (Å²) in [5, 5.41) is 1.22. The minimum absolute atomic E-state index is 0.172. The number of carbonyl (C=O) groups excluding carboxylic acids is 1. The second-order valence-electron chi connectivity index (χ2n) is 6.78. The van der Waals surface area contributed by atoms with Gasteiger partial charge in [-0.15, -0.1) is 0 Å². The first-order valence-electron chi connectivity index (χ1n) is 8.82. The first-order chi connectivity index (χ1) is 12.2. The van der Waals surface area contributed by atoms with Crippen molar-refractivity contribution in [3.05, 3.63) is 67.1 Å². The SMILES string of the molecule is COC(=O)C1CN([C@@H](C)[C]2[CH][CH][CH][CH]2)CCc2c1[nH]c1ccccc21. The van der Waals surface area contributed by atoms with Crippen LogP contribution in [0, 0.1) is 31.6 Å². The molecule has 1 aliphatic carbocycles. The Kier molecular flexibility index (Phi) is 4.55. The van der Waals surface area contributed by atoms with Gasteiger partial charge in [0.15, 0.2) is 0 Å². The molecule has 4 nitrogen and oxygen atoms in total. The topological polar surface area (TPSA) is 45.3 Å². The maximum atomic E-state index is 12.5. The van der Waals surface area contributed by atoms with Gasteiger partial charge in [-0.2, -0.15) is 0 Å². The molecular weight excluding hydrogens is 312 g/mol. The maximum absolute atomic E-state index is 12.5. The molecule has 4 rings (SSSR count). The number of benzene rings is 1. The van der Waals surface area contributed by atoms with Crippen LogP contribution in [-0.2, 0) is 16.0 Å². The lowest BCUT2D eigenvalue weighted by Gasteiger charge is -2.33. The highest BCUT2D eigenvalue weighted by atomic mass is 16.5. The number of hydrogen-bond acceptors (Lipinski definition) is 3. The van der Waals surface area contributed by atoms with E-state index in [0.29, 0.717) is 6.54 Å². The van der Waals surface area contributed by atoms with Crippen molar-refractivity contribution in [2.75, 3.05) is 20.2 Å². The molecule has 25 heavy (non-hydrogen) atoms. The first-order valence-corrected chi connectivity index (χ1v) is 8.82. The molecule has 2 atom stereocenters. The molecule has 4 heteroatoms. The molecule has 129 valence electrons. The number of carbonyl (C=O) groups is 1. The number of aromatic amines is 1. The van der Waals surface area contributed by atoms with Gasteiger partial charge in [0.25, 0.3) is 0 Å². The minimum Gasteiger partial charge on any atom is -0.468 e. The summed E-state index contributed by atoms with van der Waals surface area (Å²) in [4.78, 5) is 18.4.